The number of rotatable bonds is 5. The number of nitrogens with zero attached hydrogens (tertiary/aromatic N) is 4. The van der Waals surface area contributed by atoms with Gasteiger partial charge in [0.1, 0.15) is 10.9 Å². The van der Waals surface area contributed by atoms with E-state index < -0.39 is 0 Å². The molecule has 28 heavy (non-hydrogen) atoms. The van der Waals surface area contributed by atoms with Crippen molar-refractivity contribution >= 4 is 17.4 Å². The van der Waals surface area contributed by atoms with Crippen LogP contribution in [0.25, 0.3) is 0 Å². The molecule has 0 bridgehead atoms. The van der Waals surface area contributed by atoms with Crippen LogP contribution in [0.5, 0.6) is 0 Å². The van der Waals surface area contributed by atoms with Crippen LogP contribution in [-0.2, 0) is 11.2 Å². The summed E-state index contributed by atoms with van der Waals surface area (Å²) >= 11 is 1.57. The Morgan fingerprint density at radius 2 is 1.75 bits per heavy atom. The molecular weight excluding hydrogens is 368 g/mol. The van der Waals surface area contributed by atoms with Gasteiger partial charge in [0.05, 0.1) is 24.8 Å². The first-order chi connectivity index (χ1) is 13.8. The van der Waals surface area contributed by atoms with Crippen molar-refractivity contribution in [1.29, 1.82) is 5.26 Å². The molecule has 0 amide bonds. The number of hydrogen-bond acceptors (Lipinski definition) is 6. The van der Waals surface area contributed by atoms with Crippen LogP contribution in [0.4, 0.5) is 5.69 Å². The minimum Gasteiger partial charge on any atom is -0.378 e. The maximum atomic E-state index is 8.90. The van der Waals surface area contributed by atoms with Gasteiger partial charge in [-0.1, -0.05) is 23.9 Å². The highest BCUT2D eigenvalue weighted by Crippen LogP contribution is 2.26. The first-order valence-electron chi connectivity index (χ1n) is 9.22. The molecule has 3 aromatic rings. The number of aromatic nitrogens is 2. The third kappa shape index (κ3) is 4.69. The second-order valence-corrected chi connectivity index (χ2v) is 7.59. The fourth-order valence-corrected chi connectivity index (χ4v) is 3.86. The van der Waals surface area contributed by atoms with E-state index in [9.17, 15) is 0 Å². The average Bonchev–Trinajstić information content (AvgIpc) is 2.76. The molecule has 1 fully saturated rings. The van der Waals surface area contributed by atoms with Gasteiger partial charge in [0.15, 0.2) is 0 Å². The molecule has 0 radical (unpaired) electrons. The SMILES string of the molecule is N#Cc1ccc(Sc2ccnc(Cc3ccc(N4CCOCC4)cc3)n2)cc1. The van der Waals surface area contributed by atoms with E-state index in [1.165, 1.54) is 11.3 Å². The van der Waals surface area contributed by atoms with Gasteiger partial charge in [-0.05, 0) is 48.0 Å². The summed E-state index contributed by atoms with van der Waals surface area (Å²) in [6.45, 7) is 3.47. The van der Waals surface area contributed by atoms with Crippen molar-refractivity contribution < 1.29 is 4.74 Å². The zero-order valence-corrected chi connectivity index (χ0v) is 16.2. The zero-order valence-electron chi connectivity index (χ0n) is 15.4. The standard InChI is InChI=1S/C22H20N4OS/c23-16-18-3-7-20(8-4-18)28-22-9-10-24-21(25-22)15-17-1-5-19(6-2-17)26-11-13-27-14-12-26/h1-10H,11-15H2. The molecule has 1 aromatic heterocycles. The van der Waals surface area contributed by atoms with Crippen LogP contribution in [0.15, 0.2) is 70.7 Å². The molecule has 140 valence electrons. The van der Waals surface area contributed by atoms with Crippen LogP contribution in [0.3, 0.4) is 0 Å². The minimum atomic E-state index is 0.660. The smallest absolute Gasteiger partial charge is 0.133 e. The highest BCUT2D eigenvalue weighted by atomic mass is 32.2. The lowest BCUT2D eigenvalue weighted by molar-refractivity contribution is 0.122. The van der Waals surface area contributed by atoms with E-state index in [1.807, 2.05) is 30.3 Å². The summed E-state index contributed by atoms with van der Waals surface area (Å²) in [6.07, 6.45) is 2.50. The van der Waals surface area contributed by atoms with E-state index in [2.05, 4.69) is 45.2 Å². The van der Waals surface area contributed by atoms with Crippen LogP contribution in [0, 0.1) is 11.3 Å². The molecule has 0 atom stereocenters. The molecule has 1 aliphatic rings. The third-order valence-electron chi connectivity index (χ3n) is 4.56. The fraction of sp³-hybridized carbons (Fsp3) is 0.227. The van der Waals surface area contributed by atoms with Gasteiger partial charge >= 0.3 is 0 Å². The highest BCUT2D eigenvalue weighted by Gasteiger charge is 2.11. The maximum Gasteiger partial charge on any atom is 0.133 e. The number of morpholine rings is 1. The fourth-order valence-electron chi connectivity index (χ4n) is 3.07. The Morgan fingerprint density at radius 3 is 2.46 bits per heavy atom. The van der Waals surface area contributed by atoms with E-state index in [0.717, 1.165) is 42.0 Å². The van der Waals surface area contributed by atoms with Crippen molar-refractivity contribution in [1.82, 2.24) is 9.97 Å². The summed E-state index contributed by atoms with van der Waals surface area (Å²) in [5.74, 6) is 0.803. The Hall–Kier alpha value is -2.88. The number of anilines is 1. The van der Waals surface area contributed by atoms with Crippen molar-refractivity contribution in [3.8, 4) is 6.07 Å². The number of benzene rings is 2. The molecule has 1 saturated heterocycles. The predicted molar refractivity (Wildman–Crippen MR) is 110 cm³/mol. The maximum absolute atomic E-state index is 8.90. The zero-order chi connectivity index (χ0) is 19.2. The molecule has 2 aromatic carbocycles. The highest BCUT2D eigenvalue weighted by molar-refractivity contribution is 7.99. The lowest BCUT2D eigenvalue weighted by atomic mass is 10.1. The molecular formula is C22H20N4OS. The van der Waals surface area contributed by atoms with Gasteiger partial charge in [-0.15, -0.1) is 0 Å². The van der Waals surface area contributed by atoms with Gasteiger partial charge in [0.2, 0.25) is 0 Å². The summed E-state index contributed by atoms with van der Waals surface area (Å²) in [5, 5.41) is 9.80. The van der Waals surface area contributed by atoms with Crippen LogP contribution in [0.2, 0.25) is 0 Å². The molecule has 0 spiro atoms. The Morgan fingerprint density at radius 1 is 1.00 bits per heavy atom. The first kappa shape index (κ1) is 18.5. The largest absolute Gasteiger partial charge is 0.378 e. The van der Waals surface area contributed by atoms with Gasteiger partial charge in [0, 0.05) is 36.3 Å². The van der Waals surface area contributed by atoms with E-state index in [4.69, 9.17) is 10.00 Å². The summed E-state index contributed by atoms with van der Waals surface area (Å²) in [4.78, 5) is 12.5. The van der Waals surface area contributed by atoms with Gasteiger partial charge in [0.25, 0.3) is 0 Å². The number of nitriles is 1. The Kier molecular flexibility index (Phi) is 5.86. The van der Waals surface area contributed by atoms with Crippen molar-refractivity contribution in [3.05, 3.63) is 77.7 Å². The summed E-state index contributed by atoms with van der Waals surface area (Å²) in [5.41, 5.74) is 3.09. The molecule has 4 rings (SSSR count). The lowest BCUT2D eigenvalue weighted by Gasteiger charge is -2.28. The third-order valence-corrected chi connectivity index (χ3v) is 5.50. The molecule has 5 nitrogen and oxygen atoms in total. The molecule has 1 aliphatic heterocycles. The van der Waals surface area contributed by atoms with E-state index in [-0.39, 0.29) is 0 Å². The van der Waals surface area contributed by atoms with Crippen molar-refractivity contribution in [2.24, 2.45) is 0 Å². The van der Waals surface area contributed by atoms with Crippen molar-refractivity contribution in [2.45, 2.75) is 16.3 Å². The number of ether oxygens (including phenoxy) is 1. The summed E-state index contributed by atoms with van der Waals surface area (Å²) in [6, 6.07) is 20.2. The quantitative estimate of drug-likeness (QED) is 0.617. The second-order valence-electron chi connectivity index (χ2n) is 6.49. The summed E-state index contributed by atoms with van der Waals surface area (Å²) < 4.78 is 5.41. The van der Waals surface area contributed by atoms with Gasteiger partial charge in [-0.2, -0.15) is 5.26 Å². The first-order valence-corrected chi connectivity index (χ1v) is 10.0. The Labute approximate surface area is 169 Å². The number of hydrogen-bond donors (Lipinski definition) is 0. The van der Waals surface area contributed by atoms with Crippen LogP contribution >= 0.6 is 11.8 Å². The van der Waals surface area contributed by atoms with Crippen molar-refractivity contribution in [3.63, 3.8) is 0 Å². The van der Waals surface area contributed by atoms with E-state index in [0.29, 0.717) is 12.0 Å². The van der Waals surface area contributed by atoms with Gasteiger partial charge < -0.3 is 9.64 Å². The topological polar surface area (TPSA) is 62.0 Å². The molecule has 0 N–H and O–H groups in total. The van der Waals surface area contributed by atoms with E-state index >= 15 is 0 Å². The molecule has 2 heterocycles. The van der Waals surface area contributed by atoms with Crippen LogP contribution in [0.1, 0.15) is 17.0 Å². The van der Waals surface area contributed by atoms with Crippen LogP contribution in [-0.4, -0.2) is 36.3 Å². The predicted octanol–water partition coefficient (Wildman–Crippen LogP) is 3.93. The van der Waals surface area contributed by atoms with Crippen LogP contribution < -0.4 is 4.90 Å². The van der Waals surface area contributed by atoms with E-state index in [1.54, 1.807) is 18.0 Å². The minimum absolute atomic E-state index is 0.660. The Balaban J connectivity index is 1.42. The average molecular weight is 388 g/mol. The monoisotopic (exact) mass is 388 g/mol. The molecule has 6 heteroatoms. The molecule has 0 unspecified atom stereocenters. The molecule has 0 aliphatic carbocycles. The van der Waals surface area contributed by atoms with Crippen molar-refractivity contribution in [2.75, 3.05) is 31.2 Å². The van der Waals surface area contributed by atoms with Gasteiger partial charge in [-0.3, -0.25) is 0 Å². The second kappa shape index (κ2) is 8.87. The summed E-state index contributed by atoms with van der Waals surface area (Å²) in [7, 11) is 0. The van der Waals surface area contributed by atoms with Gasteiger partial charge in [-0.25, -0.2) is 9.97 Å². The Bertz CT molecular complexity index is 961. The lowest BCUT2D eigenvalue weighted by Crippen LogP contribution is -2.36. The molecule has 0 saturated carbocycles. The normalized spacial score (nSPS) is 13.9.